The minimum atomic E-state index is -4.56. The van der Waals surface area contributed by atoms with E-state index in [9.17, 15) is 18.0 Å². The first kappa shape index (κ1) is 13.4. The number of halogens is 3. The van der Waals surface area contributed by atoms with E-state index < -0.39 is 17.6 Å². The summed E-state index contributed by atoms with van der Waals surface area (Å²) in [5, 5.41) is 0.801. The molecule has 1 aromatic heterocycles. The largest absolute Gasteiger partial charge is 0.417 e. The maximum atomic E-state index is 13.0. The second kappa shape index (κ2) is 4.77. The molecule has 3 aromatic rings. The molecule has 0 atom stereocenters. The molecule has 2 nitrogen and oxygen atoms in total. The highest BCUT2D eigenvalue weighted by Crippen LogP contribution is 2.32. The summed E-state index contributed by atoms with van der Waals surface area (Å²) in [6.07, 6.45) is -3.07. The molecule has 0 N–H and O–H groups in total. The van der Waals surface area contributed by atoms with Gasteiger partial charge in [0.25, 0.3) is 5.91 Å². The zero-order valence-corrected chi connectivity index (χ0v) is 10.8. The molecule has 0 aliphatic rings. The Labute approximate surface area is 118 Å². The van der Waals surface area contributed by atoms with E-state index in [1.165, 1.54) is 29.0 Å². The van der Waals surface area contributed by atoms with Crippen LogP contribution in [0.1, 0.15) is 15.9 Å². The van der Waals surface area contributed by atoms with Gasteiger partial charge in [-0.3, -0.25) is 9.36 Å². The summed E-state index contributed by atoms with van der Waals surface area (Å²) in [5.74, 6) is -0.691. The van der Waals surface area contributed by atoms with Crippen molar-refractivity contribution in [1.29, 1.82) is 0 Å². The number of rotatable bonds is 1. The second-order valence-corrected chi connectivity index (χ2v) is 4.59. The van der Waals surface area contributed by atoms with Crippen molar-refractivity contribution in [3.63, 3.8) is 0 Å². The van der Waals surface area contributed by atoms with E-state index in [4.69, 9.17) is 0 Å². The molecule has 0 aliphatic carbocycles. The summed E-state index contributed by atoms with van der Waals surface area (Å²) >= 11 is 0. The lowest BCUT2D eigenvalue weighted by Gasteiger charge is -2.12. The molecule has 0 aliphatic heterocycles. The lowest BCUT2D eigenvalue weighted by atomic mass is 10.1. The molecule has 0 saturated heterocycles. The van der Waals surface area contributed by atoms with Crippen molar-refractivity contribution < 1.29 is 18.0 Å². The summed E-state index contributed by atoms with van der Waals surface area (Å²) in [4.78, 5) is 12.5. The molecule has 21 heavy (non-hydrogen) atoms. The predicted molar refractivity (Wildman–Crippen MR) is 73.1 cm³/mol. The Hall–Kier alpha value is -2.56. The molecule has 0 fully saturated rings. The third-order valence-corrected chi connectivity index (χ3v) is 3.28. The van der Waals surface area contributed by atoms with Crippen LogP contribution in [0.4, 0.5) is 13.2 Å². The molecule has 106 valence electrons. The Kier molecular flexibility index (Phi) is 3.05. The number of nitrogens with zero attached hydrogens (tertiary/aromatic N) is 1. The zero-order chi connectivity index (χ0) is 15.0. The predicted octanol–water partition coefficient (Wildman–Crippen LogP) is 4.35. The van der Waals surface area contributed by atoms with Crippen LogP contribution in [0.2, 0.25) is 0 Å². The summed E-state index contributed by atoms with van der Waals surface area (Å²) in [6.45, 7) is 0. The van der Waals surface area contributed by atoms with E-state index in [1.54, 1.807) is 30.3 Å². The minimum Gasteiger partial charge on any atom is -0.283 e. The maximum Gasteiger partial charge on any atom is 0.417 e. The van der Waals surface area contributed by atoms with Gasteiger partial charge in [-0.15, -0.1) is 0 Å². The number of alkyl halides is 3. The van der Waals surface area contributed by atoms with E-state index in [-0.39, 0.29) is 5.56 Å². The second-order valence-electron chi connectivity index (χ2n) is 4.59. The smallest absolute Gasteiger partial charge is 0.283 e. The number of para-hydroxylation sites is 1. The molecule has 1 heterocycles. The average Bonchev–Trinajstić information content (AvgIpc) is 2.89. The number of hydrogen-bond acceptors (Lipinski definition) is 1. The third kappa shape index (κ3) is 2.31. The molecule has 0 spiro atoms. The van der Waals surface area contributed by atoms with Crippen molar-refractivity contribution in [2.24, 2.45) is 0 Å². The highest BCUT2D eigenvalue weighted by Gasteiger charge is 2.35. The van der Waals surface area contributed by atoms with Crippen molar-refractivity contribution in [3.05, 3.63) is 71.9 Å². The number of fused-ring (bicyclic) bond motifs is 1. The Morgan fingerprint density at radius 2 is 1.57 bits per heavy atom. The third-order valence-electron chi connectivity index (χ3n) is 3.28. The maximum absolute atomic E-state index is 13.0. The van der Waals surface area contributed by atoms with Gasteiger partial charge < -0.3 is 0 Å². The summed E-state index contributed by atoms with van der Waals surface area (Å²) in [5.41, 5.74) is -0.696. The molecule has 5 heteroatoms. The van der Waals surface area contributed by atoms with Gasteiger partial charge in [-0.25, -0.2) is 0 Å². The molecule has 0 saturated carbocycles. The van der Waals surface area contributed by atoms with E-state index in [0.29, 0.717) is 5.52 Å². The van der Waals surface area contributed by atoms with Crippen LogP contribution in [0, 0.1) is 0 Å². The fourth-order valence-electron chi connectivity index (χ4n) is 2.31. The molecule has 0 radical (unpaired) electrons. The average molecular weight is 289 g/mol. The van der Waals surface area contributed by atoms with Gasteiger partial charge in [0, 0.05) is 11.6 Å². The molecule has 0 bridgehead atoms. The number of carbonyl (C=O) groups is 1. The fourth-order valence-corrected chi connectivity index (χ4v) is 2.31. The Morgan fingerprint density at radius 3 is 2.33 bits per heavy atom. The van der Waals surface area contributed by atoms with Gasteiger partial charge in [0.1, 0.15) is 0 Å². The highest BCUT2D eigenvalue weighted by atomic mass is 19.4. The van der Waals surface area contributed by atoms with E-state index in [2.05, 4.69) is 0 Å². The van der Waals surface area contributed by atoms with Gasteiger partial charge in [-0.05, 0) is 24.3 Å². The van der Waals surface area contributed by atoms with Crippen LogP contribution in [0.5, 0.6) is 0 Å². The van der Waals surface area contributed by atoms with Gasteiger partial charge in [-0.2, -0.15) is 13.2 Å². The van der Waals surface area contributed by atoms with Crippen LogP contribution in [-0.4, -0.2) is 10.5 Å². The Morgan fingerprint density at radius 1 is 0.905 bits per heavy atom. The van der Waals surface area contributed by atoms with Gasteiger partial charge in [0.2, 0.25) is 0 Å². The standard InChI is InChI=1S/C16H10F3NO/c17-16(18,19)13-7-3-2-6-12(13)15(21)20-10-9-11-5-1-4-8-14(11)20/h1-10H. The van der Waals surface area contributed by atoms with Gasteiger partial charge >= 0.3 is 6.18 Å². The first-order valence-electron chi connectivity index (χ1n) is 6.25. The van der Waals surface area contributed by atoms with Gasteiger partial charge in [0.05, 0.1) is 16.6 Å². The minimum absolute atomic E-state index is 0.355. The number of benzene rings is 2. The van der Waals surface area contributed by atoms with Crippen LogP contribution in [0.15, 0.2) is 60.8 Å². The topological polar surface area (TPSA) is 22.0 Å². The lowest BCUT2D eigenvalue weighted by Crippen LogP contribution is -2.17. The van der Waals surface area contributed by atoms with Crippen molar-refractivity contribution in [2.75, 3.05) is 0 Å². The normalized spacial score (nSPS) is 11.8. The highest BCUT2D eigenvalue weighted by molar-refractivity contribution is 6.03. The Balaban J connectivity index is 2.16. The molecule has 0 unspecified atom stereocenters. The molecule has 3 rings (SSSR count). The first-order valence-corrected chi connectivity index (χ1v) is 6.25. The fraction of sp³-hybridized carbons (Fsp3) is 0.0625. The number of aromatic nitrogens is 1. The van der Waals surface area contributed by atoms with Crippen LogP contribution in [0.3, 0.4) is 0 Å². The van der Waals surface area contributed by atoms with Crippen molar-refractivity contribution in [2.45, 2.75) is 6.18 Å². The summed E-state index contributed by atoms with van der Waals surface area (Å²) in [6, 6.07) is 13.5. The first-order chi connectivity index (χ1) is 9.98. The van der Waals surface area contributed by atoms with E-state index in [0.717, 1.165) is 11.5 Å². The molecule has 0 amide bonds. The summed E-state index contributed by atoms with van der Waals surface area (Å²) < 4.78 is 40.2. The van der Waals surface area contributed by atoms with E-state index >= 15 is 0 Å². The lowest BCUT2D eigenvalue weighted by molar-refractivity contribution is -0.137. The zero-order valence-electron chi connectivity index (χ0n) is 10.8. The van der Waals surface area contributed by atoms with Gasteiger partial charge in [0.15, 0.2) is 0 Å². The van der Waals surface area contributed by atoms with Crippen molar-refractivity contribution >= 4 is 16.8 Å². The van der Waals surface area contributed by atoms with E-state index in [1.807, 2.05) is 0 Å². The monoisotopic (exact) mass is 289 g/mol. The van der Waals surface area contributed by atoms with Crippen molar-refractivity contribution in [1.82, 2.24) is 4.57 Å². The summed E-state index contributed by atoms with van der Waals surface area (Å²) in [7, 11) is 0. The SMILES string of the molecule is O=C(c1ccccc1C(F)(F)F)n1ccc2ccccc21. The number of hydrogen-bond donors (Lipinski definition) is 0. The van der Waals surface area contributed by atoms with Crippen LogP contribution in [0.25, 0.3) is 10.9 Å². The molecule has 2 aromatic carbocycles. The van der Waals surface area contributed by atoms with Crippen LogP contribution in [-0.2, 0) is 6.18 Å². The van der Waals surface area contributed by atoms with Crippen LogP contribution < -0.4 is 0 Å². The molecular formula is C16H10F3NO. The van der Waals surface area contributed by atoms with Crippen LogP contribution >= 0.6 is 0 Å². The van der Waals surface area contributed by atoms with Gasteiger partial charge in [-0.1, -0.05) is 30.3 Å². The van der Waals surface area contributed by atoms with Crippen molar-refractivity contribution in [3.8, 4) is 0 Å². The number of carbonyl (C=O) groups excluding carboxylic acids is 1. The Bertz CT molecular complexity index is 818. The quantitative estimate of drug-likeness (QED) is 0.653. The molecular weight excluding hydrogens is 279 g/mol.